The molecule has 0 aromatic heterocycles. The van der Waals surface area contributed by atoms with Crippen LogP contribution in [0.2, 0.25) is 5.02 Å². The summed E-state index contributed by atoms with van der Waals surface area (Å²) in [6, 6.07) is 5.53. The number of ether oxygens (including phenoxy) is 1. The van der Waals surface area contributed by atoms with Crippen molar-refractivity contribution in [3.05, 3.63) is 34.9 Å². The third-order valence-electron chi connectivity index (χ3n) is 4.62. The van der Waals surface area contributed by atoms with Crippen LogP contribution < -0.4 is 0 Å². The number of hydrogen-bond acceptors (Lipinski definition) is 4. The Morgan fingerprint density at radius 1 is 1.26 bits per heavy atom. The van der Waals surface area contributed by atoms with Crippen molar-refractivity contribution in [2.24, 2.45) is 0 Å². The van der Waals surface area contributed by atoms with E-state index in [1.54, 1.807) is 24.3 Å². The summed E-state index contributed by atoms with van der Waals surface area (Å²) in [6.45, 7) is 1.55. The summed E-state index contributed by atoms with van der Waals surface area (Å²) in [5.41, 5.74) is -0.406. The molecule has 3 rings (SSSR count). The average Bonchev–Trinajstić information content (AvgIpc) is 2.90. The Balaban J connectivity index is 1.94. The minimum Gasteiger partial charge on any atom is -0.480 e. The van der Waals surface area contributed by atoms with E-state index in [0.717, 1.165) is 13.1 Å². The van der Waals surface area contributed by atoms with Crippen molar-refractivity contribution in [2.75, 3.05) is 26.7 Å². The third kappa shape index (κ3) is 2.94. The van der Waals surface area contributed by atoms with Gasteiger partial charge in [-0.15, -0.1) is 0 Å². The molecule has 124 valence electrons. The molecular formula is C16H19ClN2O4. The van der Waals surface area contributed by atoms with E-state index in [4.69, 9.17) is 16.3 Å². The van der Waals surface area contributed by atoms with Crippen molar-refractivity contribution >= 4 is 23.5 Å². The fourth-order valence-corrected chi connectivity index (χ4v) is 3.38. The van der Waals surface area contributed by atoms with Gasteiger partial charge >= 0.3 is 5.97 Å². The number of halogens is 1. The summed E-state index contributed by atoms with van der Waals surface area (Å²) in [6.07, 6.45) is 1.21. The Labute approximate surface area is 139 Å². The molecule has 6 nitrogen and oxygen atoms in total. The molecule has 0 radical (unpaired) electrons. The molecule has 2 aliphatic heterocycles. The zero-order valence-electron chi connectivity index (χ0n) is 12.9. The molecule has 1 amide bonds. The number of nitrogens with zero attached hydrogens (tertiary/aromatic N) is 2. The third-order valence-corrected chi connectivity index (χ3v) is 4.88. The van der Waals surface area contributed by atoms with Crippen LogP contribution in [0, 0.1) is 0 Å². The summed E-state index contributed by atoms with van der Waals surface area (Å²) in [5, 5.41) is 10.0. The monoisotopic (exact) mass is 338 g/mol. The van der Waals surface area contributed by atoms with Gasteiger partial charge < -0.3 is 14.7 Å². The predicted molar refractivity (Wildman–Crippen MR) is 84.5 cm³/mol. The van der Waals surface area contributed by atoms with E-state index in [9.17, 15) is 14.7 Å². The van der Waals surface area contributed by atoms with Crippen LogP contribution in [0.15, 0.2) is 24.3 Å². The maximum absolute atomic E-state index is 13.0. The van der Waals surface area contributed by atoms with E-state index in [-0.39, 0.29) is 12.5 Å². The highest BCUT2D eigenvalue weighted by Crippen LogP contribution is 2.38. The Hall–Kier alpha value is -1.63. The van der Waals surface area contributed by atoms with Crippen molar-refractivity contribution in [1.82, 2.24) is 9.80 Å². The maximum Gasteiger partial charge on any atom is 0.328 e. The van der Waals surface area contributed by atoms with Gasteiger partial charge in [0.05, 0.1) is 6.61 Å². The molecule has 2 fully saturated rings. The van der Waals surface area contributed by atoms with E-state index in [1.807, 2.05) is 7.05 Å². The first kappa shape index (κ1) is 16.2. The van der Waals surface area contributed by atoms with Crippen LogP contribution in [0.3, 0.4) is 0 Å². The van der Waals surface area contributed by atoms with Gasteiger partial charge in [-0.3, -0.25) is 9.69 Å². The minimum absolute atomic E-state index is 0.0262. The zero-order valence-corrected chi connectivity index (χ0v) is 13.6. The molecule has 1 aromatic carbocycles. The van der Waals surface area contributed by atoms with Gasteiger partial charge in [0.2, 0.25) is 0 Å². The number of benzene rings is 1. The molecule has 23 heavy (non-hydrogen) atoms. The standard InChI is InChI=1S/C16H19ClN2O4/c1-18-8-6-16(7-9-18)19(13(10-23-16)15(21)22)14(20)11-2-4-12(17)5-3-11/h2-5,13H,6-10H2,1H3,(H,21,22)/t13-/m0/s1. The molecule has 1 atom stereocenters. The molecule has 0 bridgehead atoms. The van der Waals surface area contributed by atoms with E-state index in [0.29, 0.717) is 23.4 Å². The zero-order chi connectivity index (χ0) is 16.6. The largest absolute Gasteiger partial charge is 0.480 e. The highest BCUT2D eigenvalue weighted by molar-refractivity contribution is 6.30. The molecule has 1 aromatic rings. The highest BCUT2D eigenvalue weighted by Gasteiger charge is 2.53. The number of amides is 1. The highest BCUT2D eigenvalue weighted by atomic mass is 35.5. The van der Waals surface area contributed by atoms with Crippen molar-refractivity contribution in [2.45, 2.75) is 24.6 Å². The average molecular weight is 339 g/mol. The first-order valence-electron chi connectivity index (χ1n) is 7.57. The summed E-state index contributed by atoms with van der Waals surface area (Å²) < 4.78 is 5.85. The smallest absolute Gasteiger partial charge is 0.328 e. The molecule has 7 heteroatoms. The number of carboxylic acid groups (broad SMARTS) is 1. The van der Waals surface area contributed by atoms with Gasteiger partial charge in [0.15, 0.2) is 6.04 Å². The number of aliphatic carboxylic acids is 1. The summed E-state index contributed by atoms with van der Waals surface area (Å²) >= 11 is 5.86. The van der Waals surface area contributed by atoms with Gasteiger partial charge in [-0.05, 0) is 31.3 Å². The van der Waals surface area contributed by atoms with Crippen LogP contribution >= 0.6 is 11.6 Å². The number of likely N-dealkylation sites (tertiary alicyclic amines) is 1. The van der Waals surface area contributed by atoms with Gasteiger partial charge in [0.25, 0.3) is 5.91 Å². The van der Waals surface area contributed by atoms with Crippen molar-refractivity contribution < 1.29 is 19.4 Å². The predicted octanol–water partition coefficient (Wildman–Crippen LogP) is 1.69. The number of carbonyl (C=O) groups excluding carboxylic acids is 1. The summed E-state index contributed by atoms with van der Waals surface area (Å²) in [5.74, 6) is -1.36. The molecule has 2 saturated heterocycles. The number of carbonyl (C=O) groups is 2. The molecule has 2 heterocycles. The van der Waals surface area contributed by atoms with Gasteiger partial charge in [-0.25, -0.2) is 4.79 Å². The fourth-order valence-electron chi connectivity index (χ4n) is 3.26. The van der Waals surface area contributed by atoms with E-state index in [2.05, 4.69) is 4.90 Å². The Kier molecular flexibility index (Phi) is 4.31. The maximum atomic E-state index is 13.0. The van der Waals surface area contributed by atoms with E-state index >= 15 is 0 Å². The number of carboxylic acids is 1. The molecular weight excluding hydrogens is 320 g/mol. The lowest BCUT2D eigenvalue weighted by atomic mass is 9.97. The van der Waals surface area contributed by atoms with Crippen LogP contribution in [0.1, 0.15) is 23.2 Å². The van der Waals surface area contributed by atoms with Crippen LogP contribution in [0.25, 0.3) is 0 Å². The van der Waals surface area contributed by atoms with Gasteiger partial charge in [0.1, 0.15) is 5.72 Å². The Morgan fingerprint density at radius 3 is 2.43 bits per heavy atom. The first-order chi connectivity index (χ1) is 10.9. The minimum atomic E-state index is -1.04. The fraction of sp³-hybridized carbons (Fsp3) is 0.500. The van der Waals surface area contributed by atoms with Crippen LogP contribution in [-0.2, 0) is 9.53 Å². The summed E-state index contributed by atoms with van der Waals surface area (Å²) in [4.78, 5) is 28.1. The topological polar surface area (TPSA) is 70.1 Å². The van der Waals surface area contributed by atoms with Crippen LogP contribution in [-0.4, -0.2) is 65.3 Å². The van der Waals surface area contributed by atoms with E-state index < -0.39 is 17.7 Å². The van der Waals surface area contributed by atoms with Crippen molar-refractivity contribution in [3.8, 4) is 0 Å². The number of hydrogen-bond donors (Lipinski definition) is 1. The second kappa shape index (κ2) is 6.11. The molecule has 2 aliphatic rings. The first-order valence-corrected chi connectivity index (χ1v) is 7.95. The second-order valence-electron chi connectivity index (χ2n) is 6.10. The molecule has 1 N–H and O–H groups in total. The molecule has 0 unspecified atom stereocenters. The lowest BCUT2D eigenvalue weighted by Crippen LogP contribution is -2.57. The molecule has 1 spiro atoms. The van der Waals surface area contributed by atoms with Gasteiger partial charge in [-0.1, -0.05) is 11.6 Å². The lowest BCUT2D eigenvalue weighted by Gasteiger charge is -2.43. The van der Waals surface area contributed by atoms with Gasteiger partial charge in [0, 0.05) is 36.5 Å². The second-order valence-corrected chi connectivity index (χ2v) is 6.53. The normalized spacial score (nSPS) is 24.1. The van der Waals surface area contributed by atoms with Gasteiger partial charge in [-0.2, -0.15) is 0 Å². The van der Waals surface area contributed by atoms with Crippen LogP contribution in [0.5, 0.6) is 0 Å². The van der Waals surface area contributed by atoms with Crippen LogP contribution in [0.4, 0.5) is 0 Å². The van der Waals surface area contributed by atoms with E-state index in [1.165, 1.54) is 4.90 Å². The quantitative estimate of drug-likeness (QED) is 0.888. The number of rotatable bonds is 2. The summed E-state index contributed by atoms with van der Waals surface area (Å²) in [7, 11) is 2.00. The molecule has 0 aliphatic carbocycles. The van der Waals surface area contributed by atoms with Crippen molar-refractivity contribution in [1.29, 1.82) is 0 Å². The molecule has 0 saturated carbocycles. The Bertz CT molecular complexity index is 611. The lowest BCUT2D eigenvalue weighted by molar-refractivity contribution is -0.143. The Morgan fingerprint density at radius 2 is 1.87 bits per heavy atom. The van der Waals surface area contributed by atoms with Crippen molar-refractivity contribution in [3.63, 3.8) is 0 Å². The number of piperidine rings is 1. The SMILES string of the molecule is CN1CCC2(CC1)OC[C@@H](C(=O)O)N2C(=O)c1ccc(Cl)cc1.